The minimum atomic E-state index is -0.369. The summed E-state index contributed by atoms with van der Waals surface area (Å²) < 4.78 is 11.4. The van der Waals surface area contributed by atoms with Crippen molar-refractivity contribution < 1.29 is 14.3 Å². The van der Waals surface area contributed by atoms with Crippen molar-refractivity contribution in [2.75, 3.05) is 37.8 Å². The molecule has 6 nitrogen and oxygen atoms in total. The zero-order valence-electron chi connectivity index (χ0n) is 21.7. The first kappa shape index (κ1) is 24.5. The molecule has 5 rings (SSSR count). The van der Waals surface area contributed by atoms with Crippen LogP contribution < -0.4 is 4.90 Å². The number of nitriles is 1. The zero-order chi connectivity index (χ0) is 25.4. The number of H-pyrrole nitrogens is 1. The standard InChI is InChI=1S/C30H35N3O3/c1-5-20-16-23-24(17-26(20)33-11-9-21(10-12-33)36-14-13-35-6-2)30(3,4)29-27(28(23)34)22-8-7-19(18-31)15-25(22)32-29/h7-8,15-17,21,32H,5-6,9-14H2,1-4H3. The first-order chi connectivity index (χ1) is 17.4. The molecular formula is C30H35N3O3. The number of carbonyl (C=O) groups is 1. The Morgan fingerprint density at radius 3 is 2.61 bits per heavy atom. The molecule has 3 aromatic rings. The fraction of sp³-hybridized carbons (Fsp3) is 0.467. The number of fused-ring (bicyclic) bond motifs is 4. The van der Waals surface area contributed by atoms with Crippen LogP contribution in [0.4, 0.5) is 5.69 Å². The molecule has 1 aromatic heterocycles. The summed E-state index contributed by atoms with van der Waals surface area (Å²) in [4.78, 5) is 19.8. The van der Waals surface area contributed by atoms with Gasteiger partial charge in [-0.1, -0.05) is 26.8 Å². The molecule has 0 spiro atoms. The summed E-state index contributed by atoms with van der Waals surface area (Å²) in [5, 5.41) is 10.2. The van der Waals surface area contributed by atoms with Crippen LogP contribution >= 0.6 is 0 Å². The molecule has 0 bridgehead atoms. The number of nitrogens with zero attached hydrogens (tertiary/aromatic N) is 2. The Morgan fingerprint density at radius 1 is 1.14 bits per heavy atom. The minimum Gasteiger partial charge on any atom is -0.379 e. The van der Waals surface area contributed by atoms with Crippen LogP contribution in [0.25, 0.3) is 10.9 Å². The predicted octanol–water partition coefficient (Wildman–Crippen LogP) is 5.49. The van der Waals surface area contributed by atoms with Crippen molar-refractivity contribution >= 4 is 22.4 Å². The molecule has 0 amide bonds. The van der Waals surface area contributed by atoms with Crippen LogP contribution in [0.2, 0.25) is 0 Å². The Bertz CT molecular complexity index is 1340. The van der Waals surface area contributed by atoms with Crippen molar-refractivity contribution in [2.45, 2.75) is 58.5 Å². The first-order valence-corrected chi connectivity index (χ1v) is 13.1. The van der Waals surface area contributed by atoms with Gasteiger partial charge in [0.1, 0.15) is 0 Å². The lowest BCUT2D eigenvalue weighted by Crippen LogP contribution is -2.38. The third-order valence-corrected chi connectivity index (χ3v) is 7.87. The van der Waals surface area contributed by atoms with Crippen molar-refractivity contribution in [1.29, 1.82) is 5.26 Å². The molecule has 0 radical (unpaired) electrons. The van der Waals surface area contributed by atoms with Gasteiger partial charge in [-0.2, -0.15) is 5.26 Å². The molecular weight excluding hydrogens is 450 g/mol. The summed E-state index contributed by atoms with van der Waals surface area (Å²) in [6.45, 7) is 12.4. The number of benzene rings is 2. The molecule has 1 N–H and O–H groups in total. The van der Waals surface area contributed by atoms with E-state index < -0.39 is 0 Å². The number of aromatic amines is 1. The number of hydrogen-bond donors (Lipinski definition) is 1. The Kier molecular flexibility index (Phi) is 6.63. The van der Waals surface area contributed by atoms with Gasteiger partial charge in [0.25, 0.3) is 0 Å². The molecule has 2 aliphatic rings. The highest BCUT2D eigenvalue weighted by Crippen LogP contribution is 2.46. The molecule has 1 aliphatic carbocycles. The monoisotopic (exact) mass is 485 g/mol. The van der Waals surface area contributed by atoms with E-state index in [-0.39, 0.29) is 17.3 Å². The van der Waals surface area contributed by atoms with Crippen LogP contribution in [-0.4, -0.2) is 49.8 Å². The van der Waals surface area contributed by atoms with E-state index >= 15 is 0 Å². The van der Waals surface area contributed by atoms with E-state index in [4.69, 9.17) is 9.47 Å². The average molecular weight is 486 g/mol. The van der Waals surface area contributed by atoms with Gasteiger partial charge < -0.3 is 19.4 Å². The SMILES string of the molecule is CCOCCOC1CCN(c2cc3c(cc2CC)C(=O)c2c([nH]c4cc(C#N)ccc24)C3(C)C)CC1. The number of carbonyl (C=O) groups excluding carboxylic acids is 1. The second kappa shape index (κ2) is 9.72. The van der Waals surface area contributed by atoms with Crippen LogP contribution in [0.1, 0.15) is 78.8 Å². The topological polar surface area (TPSA) is 78.3 Å². The summed E-state index contributed by atoms with van der Waals surface area (Å²) in [6, 6.07) is 12.1. The number of ketones is 1. The van der Waals surface area contributed by atoms with Gasteiger partial charge in [-0.25, -0.2) is 0 Å². The van der Waals surface area contributed by atoms with E-state index in [0.717, 1.165) is 72.2 Å². The number of piperidine rings is 1. The molecule has 1 aliphatic heterocycles. The number of rotatable bonds is 7. The van der Waals surface area contributed by atoms with E-state index in [1.54, 1.807) is 6.07 Å². The fourth-order valence-electron chi connectivity index (χ4n) is 5.84. The Labute approximate surface area is 213 Å². The molecule has 0 atom stereocenters. The van der Waals surface area contributed by atoms with Gasteiger partial charge in [0.15, 0.2) is 5.78 Å². The lowest BCUT2D eigenvalue weighted by Gasteiger charge is -2.38. The summed E-state index contributed by atoms with van der Waals surface area (Å²) in [5.74, 6) is 0.0675. The van der Waals surface area contributed by atoms with E-state index in [9.17, 15) is 10.1 Å². The second-order valence-electron chi connectivity index (χ2n) is 10.3. The van der Waals surface area contributed by atoms with E-state index in [0.29, 0.717) is 18.8 Å². The van der Waals surface area contributed by atoms with Gasteiger partial charge in [-0.15, -0.1) is 0 Å². The lowest BCUT2D eigenvalue weighted by molar-refractivity contribution is -0.00231. The third kappa shape index (κ3) is 4.11. The van der Waals surface area contributed by atoms with E-state index in [1.807, 2.05) is 19.1 Å². The Balaban J connectivity index is 1.47. The summed E-state index contributed by atoms with van der Waals surface area (Å²) >= 11 is 0. The Morgan fingerprint density at radius 2 is 1.92 bits per heavy atom. The third-order valence-electron chi connectivity index (χ3n) is 7.87. The van der Waals surface area contributed by atoms with Crippen LogP contribution in [0, 0.1) is 11.3 Å². The van der Waals surface area contributed by atoms with Crippen molar-refractivity contribution in [3.05, 3.63) is 63.8 Å². The number of aryl methyl sites for hydroxylation is 1. The maximum Gasteiger partial charge on any atom is 0.195 e. The lowest BCUT2D eigenvalue weighted by atomic mass is 9.70. The second-order valence-corrected chi connectivity index (χ2v) is 10.3. The summed E-state index contributed by atoms with van der Waals surface area (Å²) in [6.07, 6.45) is 3.12. The smallest absolute Gasteiger partial charge is 0.195 e. The highest BCUT2D eigenvalue weighted by Gasteiger charge is 2.40. The van der Waals surface area contributed by atoms with E-state index in [2.05, 4.69) is 48.9 Å². The van der Waals surface area contributed by atoms with Gasteiger partial charge in [0, 0.05) is 53.0 Å². The summed E-state index contributed by atoms with van der Waals surface area (Å²) in [5.41, 5.74) is 7.04. The average Bonchev–Trinajstić information content (AvgIpc) is 3.30. The molecule has 36 heavy (non-hydrogen) atoms. The van der Waals surface area contributed by atoms with Gasteiger partial charge in [0.2, 0.25) is 0 Å². The van der Waals surface area contributed by atoms with Crippen LogP contribution in [0.5, 0.6) is 0 Å². The van der Waals surface area contributed by atoms with Crippen molar-refractivity contribution in [3.8, 4) is 6.07 Å². The first-order valence-electron chi connectivity index (χ1n) is 13.1. The van der Waals surface area contributed by atoms with Gasteiger partial charge in [0.05, 0.1) is 36.5 Å². The largest absolute Gasteiger partial charge is 0.379 e. The van der Waals surface area contributed by atoms with Crippen molar-refractivity contribution in [3.63, 3.8) is 0 Å². The number of aromatic nitrogens is 1. The number of nitrogens with one attached hydrogen (secondary N) is 1. The van der Waals surface area contributed by atoms with E-state index in [1.165, 1.54) is 11.3 Å². The number of anilines is 1. The molecule has 6 heteroatoms. The minimum absolute atomic E-state index is 0.0675. The van der Waals surface area contributed by atoms with Gasteiger partial charge in [-0.3, -0.25) is 4.79 Å². The number of ether oxygens (including phenoxy) is 2. The molecule has 1 fully saturated rings. The molecule has 188 valence electrons. The van der Waals surface area contributed by atoms with Gasteiger partial charge in [-0.05, 0) is 61.6 Å². The molecule has 0 unspecified atom stereocenters. The fourth-order valence-corrected chi connectivity index (χ4v) is 5.84. The maximum atomic E-state index is 13.8. The van der Waals surface area contributed by atoms with Crippen molar-refractivity contribution in [1.82, 2.24) is 4.98 Å². The normalized spacial score (nSPS) is 17.2. The Hall–Kier alpha value is -3.14. The highest BCUT2D eigenvalue weighted by atomic mass is 16.5. The maximum absolute atomic E-state index is 13.8. The van der Waals surface area contributed by atoms with Crippen LogP contribution in [0.15, 0.2) is 30.3 Å². The highest BCUT2D eigenvalue weighted by molar-refractivity contribution is 6.20. The van der Waals surface area contributed by atoms with Gasteiger partial charge >= 0.3 is 0 Å². The van der Waals surface area contributed by atoms with Crippen LogP contribution in [-0.2, 0) is 21.3 Å². The zero-order valence-corrected chi connectivity index (χ0v) is 21.7. The van der Waals surface area contributed by atoms with Crippen LogP contribution in [0.3, 0.4) is 0 Å². The molecule has 2 aromatic carbocycles. The van der Waals surface area contributed by atoms with Crippen molar-refractivity contribution in [2.24, 2.45) is 0 Å². The molecule has 1 saturated heterocycles. The molecule has 2 heterocycles. The number of hydrogen-bond acceptors (Lipinski definition) is 5. The molecule has 0 saturated carbocycles. The summed E-state index contributed by atoms with van der Waals surface area (Å²) in [7, 11) is 0. The quantitative estimate of drug-likeness (QED) is 0.448. The predicted molar refractivity (Wildman–Crippen MR) is 142 cm³/mol.